The summed E-state index contributed by atoms with van der Waals surface area (Å²) >= 11 is 0. The van der Waals surface area contributed by atoms with Crippen molar-refractivity contribution in [1.29, 1.82) is 0 Å². The summed E-state index contributed by atoms with van der Waals surface area (Å²) in [4.78, 5) is 15.0. The lowest BCUT2D eigenvalue weighted by Gasteiger charge is -2.46. The zero-order valence-electron chi connectivity index (χ0n) is 10.6. The van der Waals surface area contributed by atoms with Gasteiger partial charge in [-0.15, -0.1) is 0 Å². The van der Waals surface area contributed by atoms with E-state index in [0.717, 1.165) is 16.7 Å². The number of rotatable bonds is 4. The molecule has 1 fully saturated rings. The summed E-state index contributed by atoms with van der Waals surface area (Å²) in [6.45, 7) is 3.07. The molecule has 0 saturated carbocycles. The van der Waals surface area contributed by atoms with Crippen LogP contribution in [0, 0.1) is 5.92 Å². The predicted molar refractivity (Wildman–Crippen MR) is 67.9 cm³/mol. The largest absolute Gasteiger partial charge is 0.481 e. The van der Waals surface area contributed by atoms with E-state index in [2.05, 4.69) is 4.98 Å². The first-order valence-corrected chi connectivity index (χ1v) is 6.25. The molecule has 1 atom stereocenters. The van der Waals surface area contributed by atoms with Gasteiger partial charge in [0.1, 0.15) is 5.52 Å². The predicted octanol–water partition coefficient (Wildman–Crippen LogP) is 2.21. The molecule has 100 valence electrons. The third-order valence-corrected chi connectivity index (χ3v) is 4.05. The lowest BCUT2D eigenvalue weighted by Crippen LogP contribution is -2.52. The lowest BCUT2D eigenvalue weighted by atomic mass is 9.68. The molecular weight excluding hydrogens is 246 g/mol. The van der Waals surface area contributed by atoms with Crippen LogP contribution in [0.2, 0.25) is 0 Å². The second kappa shape index (κ2) is 4.35. The highest BCUT2D eigenvalue weighted by molar-refractivity contribution is 5.73. The van der Waals surface area contributed by atoms with Crippen molar-refractivity contribution in [3.63, 3.8) is 0 Å². The van der Waals surface area contributed by atoms with Crippen LogP contribution in [0.4, 0.5) is 0 Å². The Kier molecular flexibility index (Phi) is 2.78. The molecule has 5 nitrogen and oxygen atoms in total. The molecule has 2 aromatic rings. The normalized spacial score (nSPS) is 19.0. The highest BCUT2D eigenvalue weighted by atomic mass is 16.5. The number of carboxylic acid groups (broad SMARTS) is 1. The van der Waals surface area contributed by atoms with Crippen molar-refractivity contribution in [3.05, 3.63) is 30.2 Å². The van der Waals surface area contributed by atoms with Gasteiger partial charge in [-0.25, -0.2) is 4.98 Å². The van der Waals surface area contributed by atoms with E-state index in [0.29, 0.717) is 13.2 Å². The van der Waals surface area contributed by atoms with Crippen LogP contribution in [0.3, 0.4) is 0 Å². The summed E-state index contributed by atoms with van der Waals surface area (Å²) in [5.41, 5.74) is 2.38. The maximum Gasteiger partial charge on any atom is 0.303 e. The smallest absolute Gasteiger partial charge is 0.303 e. The van der Waals surface area contributed by atoms with E-state index in [9.17, 15) is 4.79 Å². The van der Waals surface area contributed by atoms with Crippen molar-refractivity contribution in [2.24, 2.45) is 5.92 Å². The van der Waals surface area contributed by atoms with Crippen LogP contribution in [-0.4, -0.2) is 29.3 Å². The number of carboxylic acids is 1. The summed E-state index contributed by atoms with van der Waals surface area (Å²) in [6.07, 6.45) is 1.55. The monoisotopic (exact) mass is 261 g/mol. The molecule has 1 aromatic carbocycles. The molecule has 0 bridgehead atoms. The van der Waals surface area contributed by atoms with Crippen LogP contribution < -0.4 is 0 Å². The fourth-order valence-electron chi connectivity index (χ4n) is 2.68. The molecule has 5 heteroatoms. The van der Waals surface area contributed by atoms with E-state index in [4.69, 9.17) is 14.3 Å². The van der Waals surface area contributed by atoms with E-state index in [1.54, 1.807) is 0 Å². The molecule has 0 aliphatic carbocycles. The van der Waals surface area contributed by atoms with Crippen molar-refractivity contribution in [3.8, 4) is 0 Å². The standard InChI is InChI=1S/C14H15NO4/c1-9(4-13(16)17)14(6-18-7-14)10-2-3-11-12(5-10)19-8-15-11/h2-3,5,8-9H,4,6-7H2,1H3,(H,16,17). The lowest BCUT2D eigenvalue weighted by molar-refractivity contribution is -0.142. The Balaban J connectivity index is 1.98. The minimum absolute atomic E-state index is 0.0131. The summed E-state index contributed by atoms with van der Waals surface area (Å²) in [6, 6.07) is 5.84. The van der Waals surface area contributed by atoms with Gasteiger partial charge in [0.25, 0.3) is 0 Å². The Morgan fingerprint density at radius 3 is 2.95 bits per heavy atom. The SMILES string of the molecule is CC(CC(=O)O)C1(c2ccc3ncoc3c2)COC1. The Morgan fingerprint density at radius 2 is 2.32 bits per heavy atom. The first-order chi connectivity index (χ1) is 9.12. The Hall–Kier alpha value is -1.88. The quantitative estimate of drug-likeness (QED) is 0.913. The minimum Gasteiger partial charge on any atom is -0.481 e. The van der Waals surface area contributed by atoms with Gasteiger partial charge in [0.2, 0.25) is 0 Å². The molecule has 1 aromatic heterocycles. The van der Waals surface area contributed by atoms with E-state index in [1.165, 1.54) is 6.39 Å². The van der Waals surface area contributed by atoms with Gasteiger partial charge >= 0.3 is 5.97 Å². The molecule has 1 aliphatic rings. The third kappa shape index (κ3) is 1.90. The molecule has 3 rings (SSSR count). The van der Waals surface area contributed by atoms with Crippen LogP contribution in [0.5, 0.6) is 0 Å². The highest BCUT2D eigenvalue weighted by Crippen LogP contribution is 2.41. The molecule has 1 unspecified atom stereocenters. The summed E-state index contributed by atoms with van der Waals surface area (Å²) in [7, 11) is 0. The second-order valence-corrected chi connectivity index (χ2v) is 5.18. The van der Waals surface area contributed by atoms with Gasteiger partial charge in [0.15, 0.2) is 12.0 Å². The maximum atomic E-state index is 10.9. The van der Waals surface area contributed by atoms with Gasteiger partial charge in [-0.1, -0.05) is 13.0 Å². The Labute approximate surface area is 110 Å². The van der Waals surface area contributed by atoms with Crippen LogP contribution in [0.15, 0.2) is 29.0 Å². The van der Waals surface area contributed by atoms with Crippen molar-refractivity contribution in [2.45, 2.75) is 18.8 Å². The average Bonchev–Trinajstić information content (AvgIpc) is 2.73. The number of hydrogen-bond acceptors (Lipinski definition) is 4. The summed E-state index contributed by atoms with van der Waals surface area (Å²) in [5, 5.41) is 8.98. The van der Waals surface area contributed by atoms with Gasteiger partial charge in [0.05, 0.1) is 13.2 Å². The number of benzene rings is 1. The number of aromatic nitrogens is 1. The molecular formula is C14H15NO4. The highest BCUT2D eigenvalue weighted by Gasteiger charge is 2.45. The maximum absolute atomic E-state index is 10.9. The van der Waals surface area contributed by atoms with Gasteiger partial charge < -0.3 is 14.3 Å². The van der Waals surface area contributed by atoms with Gasteiger partial charge in [-0.05, 0) is 23.6 Å². The fourth-order valence-corrected chi connectivity index (χ4v) is 2.68. The minimum atomic E-state index is -0.778. The molecule has 19 heavy (non-hydrogen) atoms. The van der Waals surface area contributed by atoms with E-state index in [1.807, 2.05) is 25.1 Å². The number of fused-ring (bicyclic) bond motifs is 1. The number of nitrogens with zero attached hydrogens (tertiary/aromatic N) is 1. The zero-order valence-corrected chi connectivity index (χ0v) is 10.6. The van der Waals surface area contributed by atoms with Gasteiger partial charge in [-0.3, -0.25) is 4.79 Å². The number of carbonyl (C=O) groups is 1. The zero-order chi connectivity index (χ0) is 13.5. The van der Waals surface area contributed by atoms with Crippen LogP contribution in [-0.2, 0) is 14.9 Å². The number of ether oxygens (including phenoxy) is 1. The third-order valence-electron chi connectivity index (χ3n) is 4.05. The number of oxazole rings is 1. The van der Waals surface area contributed by atoms with Crippen molar-refractivity contribution < 1.29 is 19.1 Å². The molecule has 0 amide bonds. The van der Waals surface area contributed by atoms with Crippen LogP contribution >= 0.6 is 0 Å². The first-order valence-electron chi connectivity index (χ1n) is 6.25. The van der Waals surface area contributed by atoms with E-state index < -0.39 is 5.97 Å². The van der Waals surface area contributed by atoms with Gasteiger partial charge in [-0.2, -0.15) is 0 Å². The van der Waals surface area contributed by atoms with Gasteiger partial charge in [0, 0.05) is 11.8 Å². The Morgan fingerprint density at radius 1 is 1.53 bits per heavy atom. The first kappa shape index (κ1) is 12.2. The van der Waals surface area contributed by atoms with Crippen molar-refractivity contribution in [1.82, 2.24) is 4.98 Å². The van der Waals surface area contributed by atoms with Crippen LogP contribution in [0.25, 0.3) is 11.1 Å². The second-order valence-electron chi connectivity index (χ2n) is 5.18. The fraction of sp³-hybridized carbons (Fsp3) is 0.429. The van der Waals surface area contributed by atoms with Crippen molar-refractivity contribution >= 4 is 17.1 Å². The molecule has 1 saturated heterocycles. The Bertz CT molecular complexity index is 615. The number of aliphatic carboxylic acids is 1. The molecule has 0 spiro atoms. The van der Waals surface area contributed by atoms with E-state index in [-0.39, 0.29) is 17.8 Å². The molecule has 0 radical (unpaired) electrons. The summed E-state index contributed by atoms with van der Waals surface area (Å²) in [5.74, 6) is -0.765. The number of hydrogen-bond donors (Lipinski definition) is 1. The molecule has 2 heterocycles. The average molecular weight is 261 g/mol. The van der Waals surface area contributed by atoms with Crippen molar-refractivity contribution in [2.75, 3.05) is 13.2 Å². The summed E-state index contributed by atoms with van der Waals surface area (Å²) < 4.78 is 10.7. The topological polar surface area (TPSA) is 72.6 Å². The van der Waals surface area contributed by atoms with E-state index >= 15 is 0 Å². The molecule has 1 aliphatic heterocycles. The molecule has 1 N–H and O–H groups in total. The van der Waals surface area contributed by atoms with Crippen LogP contribution in [0.1, 0.15) is 18.9 Å².